The maximum Gasteiger partial charge on any atom is 0.152 e. The third-order valence-corrected chi connectivity index (χ3v) is 5.44. The summed E-state index contributed by atoms with van der Waals surface area (Å²) in [5.41, 5.74) is 2.92. The van der Waals surface area contributed by atoms with E-state index in [-0.39, 0.29) is 5.78 Å². The summed E-state index contributed by atoms with van der Waals surface area (Å²) >= 11 is 24.8. The number of ketones is 1. The number of hydrogen-bond donors (Lipinski definition) is 1. The standard InChI is InChI=1S/C22H13Cl4NO2/c1-11(28)2-4-15-14-5-3-12(23)10-18(14)27-22(15)20-7-6-19(29-20)21-16(25)8-13(24)9-17(21)26/h2-10,27H,1H3/b4-2+. The van der Waals surface area contributed by atoms with E-state index >= 15 is 0 Å². The quantitative estimate of drug-likeness (QED) is 0.308. The van der Waals surface area contributed by atoms with Crippen LogP contribution in [-0.2, 0) is 4.79 Å². The Hall–Kier alpha value is -2.17. The molecule has 4 rings (SSSR count). The van der Waals surface area contributed by atoms with Crippen molar-refractivity contribution in [3.8, 4) is 22.8 Å². The molecule has 2 heterocycles. The summed E-state index contributed by atoms with van der Waals surface area (Å²) in [6.07, 6.45) is 3.27. The number of benzene rings is 2. The van der Waals surface area contributed by atoms with E-state index in [4.69, 9.17) is 50.8 Å². The number of fused-ring (bicyclic) bond motifs is 1. The second kappa shape index (κ2) is 7.92. The van der Waals surface area contributed by atoms with Gasteiger partial charge in [-0.15, -0.1) is 0 Å². The van der Waals surface area contributed by atoms with E-state index in [1.807, 2.05) is 18.2 Å². The van der Waals surface area contributed by atoms with Gasteiger partial charge in [0.05, 0.1) is 21.3 Å². The SMILES string of the molecule is CC(=O)/C=C/c1c(-c2ccc(-c3c(Cl)cc(Cl)cc3Cl)o2)[nH]c2cc(Cl)ccc12. The van der Waals surface area contributed by atoms with Crippen LogP contribution in [0, 0.1) is 0 Å². The Balaban J connectivity index is 1.88. The van der Waals surface area contributed by atoms with Gasteiger partial charge in [-0.2, -0.15) is 0 Å². The van der Waals surface area contributed by atoms with Gasteiger partial charge in [-0.1, -0.05) is 52.5 Å². The van der Waals surface area contributed by atoms with Crippen molar-refractivity contribution in [3.63, 3.8) is 0 Å². The fourth-order valence-corrected chi connectivity index (χ4v) is 4.32. The summed E-state index contributed by atoms with van der Waals surface area (Å²) in [6, 6.07) is 12.3. The second-order valence-corrected chi connectivity index (χ2v) is 8.14. The molecule has 2 aromatic carbocycles. The topological polar surface area (TPSA) is 46.0 Å². The molecule has 0 saturated carbocycles. The molecule has 3 nitrogen and oxygen atoms in total. The molecule has 146 valence electrons. The molecule has 0 radical (unpaired) electrons. The fraction of sp³-hybridized carbons (Fsp3) is 0.0455. The summed E-state index contributed by atoms with van der Waals surface area (Å²) < 4.78 is 6.07. The van der Waals surface area contributed by atoms with Crippen LogP contribution in [0.5, 0.6) is 0 Å². The molecule has 0 bridgehead atoms. The van der Waals surface area contributed by atoms with Gasteiger partial charge in [0.1, 0.15) is 5.76 Å². The number of furan rings is 1. The van der Waals surface area contributed by atoms with Gasteiger partial charge in [0.25, 0.3) is 0 Å². The first-order chi connectivity index (χ1) is 13.8. The van der Waals surface area contributed by atoms with Gasteiger partial charge >= 0.3 is 0 Å². The number of allylic oxidation sites excluding steroid dienone is 1. The lowest BCUT2D eigenvalue weighted by Crippen LogP contribution is -1.82. The molecule has 0 aliphatic heterocycles. The summed E-state index contributed by atoms with van der Waals surface area (Å²) in [4.78, 5) is 14.8. The Kier molecular flexibility index (Phi) is 5.50. The highest BCUT2D eigenvalue weighted by molar-refractivity contribution is 6.41. The number of carbonyl (C=O) groups is 1. The molecule has 1 N–H and O–H groups in total. The molecular formula is C22H13Cl4NO2. The van der Waals surface area contributed by atoms with E-state index in [1.54, 1.807) is 30.3 Å². The Morgan fingerprint density at radius 3 is 2.31 bits per heavy atom. The van der Waals surface area contributed by atoms with E-state index in [2.05, 4.69) is 4.98 Å². The molecule has 0 atom stereocenters. The first-order valence-electron chi connectivity index (χ1n) is 8.58. The van der Waals surface area contributed by atoms with Crippen LogP contribution in [0.2, 0.25) is 20.1 Å². The van der Waals surface area contributed by atoms with Crippen LogP contribution < -0.4 is 0 Å². The van der Waals surface area contributed by atoms with Crippen LogP contribution in [0.15, 0.2) is 53.0 Å². The normalized spacial score (nSPS) is 11.6. The summed E-state index contributed by atoms with van der Waals surface area (Å²) in [6.45, 7) is 1.50. The van der Waals surface area contributed by atoms with Crippen LogP contribution in [0.1, 0.15) is 12.5 Å². The minimum absolute atomic E-state index is 0.0564. The van der Waals surface area contributed by atoms with Crippen molar-refractivity contribution in [1.29, 1.82) is 0 Å². The number of carbonyl (C=O) groups excluding carboxylic acids is 1. The maximum atomic E-state index is 11.5. The highest BCUT2D eigenvalue weighted by atomic mass is 35.5. The zero-order valence-electron chi connectivity index (χ0n) is 15.0. The van der Waals surface area contributed by atoms with Crippen LogP contribution >= 0.6 is 46.4 Å². The smallest absolute Gasteiger partial charge is 0.152 e. The van der Waals surface area contributed by atoms with Crippen LogP contribution in [0.25, 0.3) is 39.8 Å². The molecule has 0 fully saturated rings. The summed E-state index contributed by atoms with van der Waals surface area (Å²) in [7, 11) is 0. The largest absolute Gasteiger partial charge is 0.454 e. The number of H-pyrrole nitrogens is 1. The zero-order valence-corrected chi connectivity index (χ0v) is 18.0. The minimum atomic E-state index is -0.0564. The van der Waals surface area contributed by atoms with Crippen molar-refractivity contribution >= 4 is 69.2 Å². The lowest BCUT2D eigenvalue weighted by atomic mass is 10.1. The van der Waals surface area contributed by atoms with Gasteiger partial charge in [-0.05, 0) is 55.5 Å². The van der Waals surface area contributed by atoms with Gasteiger partial charge in [0, 0.05) is 26.5 Å². The number of rotatable bonds is 4. The molecule has 29 heavy (non-hydrogen) atoms. The van der Waals surface area contributed by atoms with Crippen molar-refractivity contribution in [3.05, 3.63) is 74.2 Å². The Labute approximate surface area is 186 Å². The van der Waals surface area contributed by atoms with E-state index in [0.717, 1.165) is 16.5 Å². The lowest BCUT2D eigenvalue weighted by molar-refractivity contribution is -0.112. The number of halogens is 4. The minimum Gasteiger partial charge on any atom is -0.454 e. The highest BCUT2D eigenvalue weighted by Gasteiger charge is 2.18. The van der Waals surface area contributed by atoms with Crippen molar-refractivity contribution in [2.24, 2.45) is 0 Å². The summed E-state index contributed by atoms with van der Waals surface area (Å²) in [5.74, 6) is 1.02. The average molecular weight is 465 g/mol. The van der Waals surface area contributed by atoms with E-state index in [0.29, 0.717) is 42.9 Å². The van der Waals surface area contributed by atoms with E-state index in [1.165, 1.54) is 13.0 Å². The molecule has 0 amide bonds. The molecule has 0 saturated heterocycles. The van der Waals surface area contributed by atoms with Gasteiger partial charge in [0.15, 0.2) is 11.5 Å². The van der Waals surface area contributed by atoms with Gasteiger partial charge < -0.3 is 9.40 Å². The van der Waals surface area contributed by atoms with E-state index < -0.39 is 0 Å². The number of nitrogens with one attached hydrogen (secondary N) is 1. The fourth-order valence-electron chi connectivity index (χ4n) is 3.14. The predicted octanol–water partition coefficient (Wildman–Crippen LogP) is 8.31. The highest BCUT2D eigenvalue weighted by Crippen LogP contribution is 2.41. The molecule has 0 aliphatic rings. The van der Waals surface area contributed by atoms with Crippen LogP contribution in [0.4, 0.5) is 0 Å². The monoisotopic (exact) mass is 463 g/mol. The molecule has 0 spiro atoms. The third-order valence-electron chi connectivity index (χ3n) is 4.39. The van der Waals surface area contributed by atoms with E-state index in [9.17, 15) is 4.79 Å². The average Bonchev–Trinajstić information content (AvgIpc) is 3.23. The molecule has 0 aliphatic carbocycles. The first kappa shape index (κ1) is 20.1. The second-order valence-electron chi connectivity index (χ2n) is 6.46. The van der Waals surface area contributed by atoms with Gasteiger partial charge in [0.2, 0.25) is 0 Å². The first-order valence-corrected chi connectivity index (χ1v) is 10.1. The van der Waals surface area contributed by atoms with Gasteiger partial charge in [-0.25, -0.2) is 0 Å². The predicted molar refractivity (Wildman–Crippen MR) is 121 cm³/mol. The molecule has 7 heteroatoms. The van der Waals surface area contributed by atoms with Crippen LogP contribution in [0.3, 0.4) is 0 Å². The summed E-state index contributed by atoms with van der Waals surface area (Å²) in [5, 5.41) is 2.75. The van der Waals surface area contributed by atoms with Crippen molar-refractivity contribution < 1.29 is 9.21 Å². The molecule has 2 aromatic heterocycles. The zero-order chi connectivity index (χ0) is 20.7. The van der Waals surface area contributed by atoms with Crippen molar-refractivity contribution in [2.75, 3.05) is 0 Å². The number of aromatic nitrogens is 1. The van der Waals surface area contributed by atoms with Crippen molar-refractivity contribution in [1.82, 2.24) is 4.98 Å². The van der Waals surface area contributed by atoms with Gasteiger partial charge in [-0.3, -0.25) is 4.79 Å². The number of aromatic amines is 1. The van der Waals surface area contributed by atoms with Crippen LogP contribution in [-0.4, -0.2) is 10.8 Å². The molecular weight excluding hydrogens is 452 g/mol. The maximum absolute atomic E-state index is 11.5. The lowest BCUT2D eigenvalue weighted by Gasteiger charge is -2.05. The Morgan fingerprint density at radius 2 is 1.62 bits per heavy atom. The molecule has 0 unspecified atom stereocenters. The Bertz CT molecular complexity index is 1260. The Morgan fingerprint density at radius 1 is 0.931 bits per heavy atom. The molecule has 4 aromatic rings. The van der Waals surface area contributed by atoms with Crippen molar-refractivity contribution in [2.45, 2.75) is 6.92 Å². The number of hydrogen-bond acceptors (Lipinski definition) is 2. The third kappa shape index (κ3) is 3.96.